The first-order chi connectivity index (χ1) is 14.5. The highest BCUT2D eigenvalue weighted by atomic mass is 16.5. The molecule has 0 radical (unpaired) electrons. The lowest BCUT2D eigenvalue weighted by molar-refractivity contribution is 0.0949. The third-order valence-electron chi connectivity index (χ3n) is 4.64. The Morgan fingerprint density at radius 3 is 2.40 bits per heavy atom. The monoisotopic (exact) mass is 405 g/mol. The summed E-state index contributed by atoms with van der Waals surface area (Å²) in [6.45, 7) is 2.23. The van der Waals surface area contributed by atoms with E-state index < -0.39 is 0 Å². The predicted molar refractivity (Wildman–Crippen MR) is 118 cm³/mol. The minimum atomic E-state index is -0.381. The Bertz CT molecular complexity index is 1010. The van der Waals surface area contributed by atoms with Gasteiger partial charge in [0.25, 0.3) is 11.5 Å². The van der Waals surface area contributed by atoms with E-state index in [1.165, 1.54) is 0 Å². The Labute approximate surface area is 176 Å². The summed E-state index contributed by atoms with van der Waals surface area (Å²) < 4.78 is 7.22. The number of nitrogens with zero attached hydrogens (tertiary/aromatic N) is 2. The minimum absolute atomic E-state index is 0.136. The number of carbonyl (C=O) groups excluding carboxylic acids is 1. The molecule has 30 heavy (non-hydrogen) atoms. The van der Waals surface area contributed by atoms with E-state index in [1.54, 1.807) is 22.9 Å². The summed E-state index contributed by atoms with van der Waals surface area (Å²) in [7, 11) is 4.00. The zero-order chi connectivity index (χ0) is 21.3. The van der Waals surface area contributed by atoms with Gasteiger partial charge in [0.2, 0.25) is 0 Å². The van der Waals surface area contributed by atoms with Gasteiger partial charge in [-0.05, 0) is 49.5 Å². The van der Waals surface area contributed by atoms with E-state index >= 15 is 0 Å². The topological polar surface area (TPSA) is 63.6 Å². The molecular formula is C24H27N3O3. The average molecular weight is 405 g/mol. The lowest BCUT2D eigenvalue weighted by Crippen LogP contribution is -2.32. The molecule has 1 amide bonds. The van der Waals surface area contributed by atoms with Gasteiger partial charge in [0.1, 0.15) is 17.9 Å². The van der Waals surface area contributed by atoms with Crippen LogP contribution in [0.25, 0.3) is 0 Å². The standard InChI is InChI=1S/C24H27N3O3/c1-26(2)15-16-30-21-12-10-19(11-13-21)17-25-23(28)22-9-6-14-27(24(22)29)18-20-7-4-3-5-8-20/h3-14H,15-18H2,1-2H3,(H,25,28). The number of amides is 1. The molecule has 1 aromatic heterocycles. The second-order valence-electron chi connectivity index (χ2n) is 7.32. The number of pyridine rings is 1. The number of likely N-dealkylation sites (N-methyl/N-ethyl adjacent to an activating group) is 1. The van der Waals surface area contributed by atoms with Crippen LogP contribution in [-0.4, -0.2) is 42.6 Å². The normalized spacial score (nSPS) is 10.8. The summed E-state index contributed by atoms with van der Waals surface area (Å²) in [5.41, 5.74) is 1.77. The fourth-order valence-electron chi connectivity index (χ4n) is 2.94. The molecule has 0 saturated carbocycles. The van der Waals surface area contributed by atoms with Gasteiger partial charge in [-0.1, -0.05) is 42.5 Å². The van der Waals surface area contributed by atoms with Gasteiger partial charge in [-0.15, -0.1) is 0 Å². The fraction of sp³-hybridized carbons (Fsp3) is 0.250. The molecule has 0 aliphatic heterocycles. The second kappa shape index (κ2) is 10.4. The van der Waals surface area contributed by atoms with Crippen molar-refractivity contribution in [2.45, 2.75) is 13.1 Å². The van der Waals surface area contributed by atoms with Crippen LogP contribution in [0.5, 0.6) is 5.75 Å². The third-order valence-corrected chi connectivity index (χ3v) is 4.64. The molecule has 0 saturated heterocycles. The Morgan fingerprint density at radius 1 is 0.967 bits per heavy atom. The average Bonchev–Trinajstić information content (AvgIpc) is 2.75. The zero-order valence-corrected chi connectivity index (χ0v) is 17.4. The molecule has 1 heterocycles. The van der Waals surface area contributed by atoms with Crippen molar-refractivity contribution in [2.24, 2.45) is 0 Å². The maximum Gasteiger partial charge on any atom is 0.263 e. The molecule has 0 aliphatic carbocycles. The van der Waals surface area contributed by atoms with Crippen molar-refractivity contribution in [3.63, 3.8) is 0 Å². The van der Waals surface area contributed by atoms with E-state index in [-0.39, 0.29) is 17.0 Å². The van der Waals surface area contributed by atoms with Crippen LogP contribution < -0.4 is 15.6 Å². The number of rotatable bonds is 9. The summed E-state index contributed by atoms with van der Waals surface area (Å²) in [5, 5.41) is 2.82. The van der Waals surface area contributed by atoms with Crippen molar-refractivity contribution in [1.29, 1.82) is 0 Å². The molecule has 3 aromatic rings. The maximum absolute atomic E-state index is 12.7. The Hall–Kier alpha value is -3.38. The van der Waals surface area contributed by atoms with Gasteiger partial charge >= 0.3 is 0 Å². The van der Waals surface area contributed by atoms with Crippen molar-refractivity contribution in [2.75, 3.05) is 27.2 Å². The van der Waals surface area contributed by atoms with Crippen LogP contribution in [-0.2, 0) is 13.1 Å². The van der Waals surface area contributed by atoms with E-state index in [4.69, 9.17) is 4.74 Å². The van der Waals surface area contributed by atoms with E-state index in [1.807, 2.05) is 68.7 Å². The highest BCUT2D eigenvalue weighted by molar-refractivity contribution is 5.93. The van der Waals surface area contributed by atoms with Crippen molar-refractivity contribution in [1.82, 2.24) is 14.8 Å². The fourth-order valence-corrected chi connectivity index (χ4v) is 2.94. The quantitative estimate of drug-likeness (QED) is 0.595. The van der Waals surface area contributed by atoms with Gasteiger partial charge < -0.3 is 19.5 Å². The van der Waals surface area contributed by atoms with Gasteiger partial charge in [-0.25, -0.2) is 0 Å². The number of hydrogen-bond acceptors (Lipinski definition) is 4. The Kier molecular flexibility index (Phi) is 7.40. The molecule has 6 heteroatoms. The van der Waals surface area contributed by atoms with Crippen LogP contribution in [0, 0.1) is 0 Å². The lowest BCUT2D eigenvalue weighted by atomic mass is 10.2. The molecule has 6 nitrogen and oxygen atoms in total. The smallest absolute Gasteiger partial charge is 0.263 e. The van der Waals surface area contributed by atoms with E-state index in [2.05, 4.69) is 10.2 Å². The molecule has 2 aromatic carbocycles. The van der Waals surface area contributed by atoms with Crippen LogP contribution >= 0.6 is 0 Å². The first-order valence-corrected chi connectivity index (χ1v) is 9.91. The summed E-state index contributed by atoms with van der Waals surface area (Å²) >= 11 is 0. The van der Waals surface area contributed by atoms with E-state index in [9.17, 15) is 9.59 Å². The lowest BCUT2D eigenvalue weighted by Gasteiger charge is -2.11. The third kappa shape index (κ3) is 6.06. The minimum Gasteiger partial charge on any atom is -0.492 e. The van der Waals surface area contributed by atoms with Gasteiger partial charge in [0.05, 0.1) is 6.54 Å². The van der Waals surface area contributed by atoms with Gasteiger partial charge in [0, 0.05) is 19.3 Å². The number of ether oxygens (including phenoxy) is 1. The summed E-state index contributed by atoms with van der Waals surface area (Å²) in [4.78, 5) is 27.3. The molecule has 0 fully saturated rings. The first-order valence-electron chi connectivity index (χ1n) is 9.91. The molecule has 0 unspecified atom stereocenters. The van der Waals surface area contributed by atoms with E-state index in [0.29, 0.717) is 19.7 Å². The van der Waals surface area contributed by atoms with Crippen molar-refractivity contribution < 1.29 is 9.53 Å². The van der Waals surface area contributed by atoms with Crippen molar-refractivity contribution >= 4 is 5.91 Å². The molecule has 3 rings (SSSR count). The van der Waals surface area contributed by atoms with Crippen molar-refractivity contribution in [3.05, 3.63) is 100.0 Å². The number of carbonyl (C=O) groups is 1. The second-order valence-corrected chi connectivity index (χ2v) is 7.32. The van der Waals surface area contributed by atoms with Crippen LogP contribution in [0.3, 0.4) is 0 Å². The predicted octanol–water partition coefficient (Wildman–Crippen LogP) is 2.77. The zero-order valence-electron chi connectivity index (χ0n) is 17.4. The largest absolute Gasteiger partial charge is 0.492 e. The number of nitrogens with one attached hydrogen (secondary N) is 1. The van der Waals surface area contributed by atoms with Crippen LogP contribution in [0.15, 0.2) is 77.7 Å². The summed E-state index contributed by atoms with van der Waals surface area (Å²) in [6.07, 6.45) is 1.70. The molecular weight excluding hydrogens is 378 g/mol. The summed E-state index contributed by atoms with van der Waals surface area (Å²) in [6, 6.07) is 20.5. The molecule has 0 spiro atoms. The highest BCUT2D eigenvalue weighted by Gasteiger charge is 2.12. The highest BCUT2D eigenvalue weighted by Crippen LogP contribution is 2.12. The summed E-state index contributed by atoms with van der Waals surface area (Å²) in [5.74, 6) is 0.410. The number of hydrogen-bond donors (Lipinski definition) is 1. The van der Waals surface area contributed by atoms with Gasteiger partial charge in [-0.3, -0.25) is 9.59 Å². The van der Waals surface area contributed by atoms with Crippen LogP contribution in [0.4, 0.5) is 0 Å². The SMILES string of the molecule is CN(C)CCOc1ccc(CNC(=O)c2cccn(Cc3ccccc3)c2=O)cc1. The maximum atomic E-state index is 12.7. The molecule has 0 aliphatic rings. The first kappa shape index (κ1) is 21.3. The molecule has 0 bridgehead atoms. The Morgan fingerprint density at radius 2 is 1.70 bits per heavy atom. The number of aromatic nitrogens is 1. The Balaban J connectivity index is 1.58. The van der Waals surface area contributed by atoms with Crippen LogP contribution in [0.2, 0.25) is 0 Å². The molecule has 0 atom stereocenters. The van der Waals surface area contributed by atoms with Crippen molar-refractivity contribution in [3.8, 4) is 5.75 Å². The van der Waals surface area contributed by atoms with Crippen LogP contribution in [0.1, 0.15) is 21.5 Å². The molecule has 1 N–H and O–H groups in total. The number of benzene rings is 2. The van der Waals surface area contributed by atoms with E-state index in [0.717, 1.165) is 23.4 Å². The molecule has 156 valence electrons. The van der Waals surface area contributed by atoms with Gasteiger partial charge in [0.15, 0.2) is 0 Å². The van der Waals surface area contributed by atoms with Gasteiger partial charge in [-0.2, -0.15) is 0 Å².